The Hall–Kier alpha value is -1.33. The minimum absolute atomic E-state index is 0.365. The van der Waals surface area contributed by atoms with Gasteiger partial charge in [-0.25, -0.2) is 0 Å². The van der Waals surface area contributed by atoms with E-state index in [0.717, 1.165) is 29.6 Å². The van der Waals surface area contributed by atoms with Crippen molar-refractivity contribution in [3.63, 3.8) is 0 Å². The van der Waals surface area contributed by atoms with E-state index in [1.54, 1.807) is 18.1 Å². The second-order valence-electron chi connectivity index (χ2n) is 5.22. The Balaban J connectivity index is 1.78. The van der Waals surface area contributed by atoms with Crippen LogP contribution >= 0.6 is 11.8 Å². The number of ether oxygens (including phenoxy) is 1. The first kappa shape index (κ1) is 13.6. The van der Waals surface area contributed by atoms with Crippen LogP contribution in [0.3, 0.4) is 0 Å². The molecule has 20 heavy (non-hydrogen) atoms. The monoisotopic (exact) mass is 289 g/mol. The maximum Gasteiger partial charge on any atom is 0.195 e. The van der Waals surface area contributed by atoms with Gasteiger partial charge >= 0.3 is 0 Å². The summed E-state index contributed by atoms with van der Waals surface area (Å²) in [7, 11) is 0. The highest BCUT2D eigenvalue weighted by Gasteiger charge is 2.17. The summed E-state index contributed by atoms with van der Waals surface area (Å²) >= 11 is 1.72. The maximum atomic E-state index is 5.66. The number of nitrogens with zero attached hydrogens (tertiary/aromatic N) is 3. The maximum absolute atomic E-state index is 5.66. The number of aromatic nitrogens is 3. The summed E-state index contributed by atoms with van der Waals surface area (Å²) in [6.07, 6.45) is 4.49. The van der Waals surface area contributed by atoms with Crippen LogP contribution in [0.1, 0.15) is 24.0 Å². The molecule has 1 aromatic carbocycles. The summed E-state index contributed by atoms with van der Waals surface area (Å²) in [5.74, 6) is 0.948. The van der Waals surface area contributed by atoms with Gasteiger partial charge in [0.2, 0.25) is 0 Å². The van der Waals surface area contributed by atoms with Gasteiger partial charge in [0.1, 0.15) is 6.33 Å². The van der Waals surface area contributed by atoms with Crippen LogP contribution in [-0.4, -0.2) is 33.2 Å². The van der Waals surface area contributed by atoms with E-state index in [1.165, 1.54) is 17.5 Å². The quantitative estimate of drug-likeness (QED) is 0.811. The average Bonchev–Trinajstić information content (AvgIpc) is 3.07. The third kappa shape index (κ3) is 2.88. The van der Waals surface area contributed by atoms with Gasteiger partial charge in [-0.15, -0.1) is 10.2 Å². The molecule has 1 aliphatic heterocycles. The Bertz CT molecular complexity index is 591. The molecule has 2 aromatic rings. The number of hydrogen-bond acceptors (Lipinski definition) is 4. The predicted molar refractivity (Wildman–Crippen MR) is 80.5 cm³/mol. The Morgan fingerprint density at radius 1 is 1.40 bits per heavy atom. The van der Waals surface area contributed by atoms with Crippen molar-refractivity contribution >= 4 is 11.8 Å². The first-order valence-corrected chi connectivity index (χ1v) is 7.94. The van der Waals surface area contributed by atoms with Crippen LogP contribution < -0.4 is 0 Å². The third-order valence-corrected chi connectivity index (χ3v) is 4.63. The number of rotatable bonds is 4. The van der Waals surface area contributed by atoms with E-state index in [9.17, 15) is 0 Å². The van der Waals surface area contributed by atoms with Crippen LogP contribution in [0.4, 0.5) is 0 Å². The van der Waals surface area contributed by atoms with Crippen molar-refractivity contribution in [1.29, 1.82) is 0 Å². The summed E-state index contributed by atoms with van der Waals surface area (Å²) in [4.78, 5) is 0. The molecule has 1 fully saturated rings. The molecule has 1 aliphatic rings. The van der Waals surface area contributed by atoms with Gasteiger partial charge in [-0.3, -0.25) is 4.57 Å². The smallest absolute Gasteiger partial charge is 0.195 e. The molecule has 0 amide bonds. The summed E-state index contributed by atoms with van der Waals surface area (Å²) < 4.78 is 7.72. The second kappa shape index (κ2) is 5.97. The first-order valence-electron chi connectivity index (χ1n) is 6.96. The Morgan fingerprint density at radius 2 is 2.30 bits per heavy atom. The van der Waals surface area contributed by atoms with E-state index in [4.69, 9.17) is 4.74 Å². The molecule has 0 spiro atoms. The molecule has 1 aromatic heterocycles. The Morgan fingerprint density at radius 3 is 3.05 bits per heavy atom. The van der Waals surface area contributed by atoms with Crippen LogP contribution in [0, 0.1) is 13.8 Å². The van der Waals surface area contributed by atoms with Crippen LogP contribution in [0.15, 0.2) is 29.7 Å². The van der Waals surface area contributed by atoms with Gasteiger partial charge in [0.25, 0.3) is 0 Å². The van der Waals surface area contributed by atoms with Gasteiger partial charge in [-0.05, 0) is 38.3 Å². The van der Waals surface area contributed by atoms with Gasteiger partial charge in [-0.2, -0.15) is 0 Å². The van der Waals surface area contributed by atoms with Crippen molar-refractivity contribution in [2.24, 2.45) is 0 Å². The lowest BCUT2D eigenvalue weighted by Crippen LogP contribution is -2.09. The van der Waals surface area contributed by atoms with Crippen LogP contribution in [0.5, 0.6) is 0 Å². The van der Waals surface area contributed by atoms with Crippen molar-refractivity contribution in [1.82, 2.24) is 14.8 Å². The van der Waals surface area contributed by atoms with E-state index >= 15 is 0 Å². The first-order chi connectivity index (χ1) is 9.74. The molecule has 2 heterocycles. The zero-order chi connectivity index (χ0) is 13.9. The van der Waals surface area contributed by atoms with Gasteiger partial charge in [-0.1, -0.05) is 29.5 Å². The molecular weight excluding hydrogens is 270 g/mol. The second-order valence-corrected chi connectivity index (χ2v) is 6.21. The van der Waals surface area contributed by atoms with Crippen molar-refractivity contribution in [2.45, 2.75) is 37.9 Å². The molecule has 5 heteroatoms. The molecule has 0 aliphatic carbocycles. The fraction of sp³-hybridized carbons (Fsp3) is 0.467. The molecule has 4 nitrogen and oxygen atoms in total. The van der Waals surface area contributed by atoms with Gasteiger partial charge in [0.15, 0.2) is 5.16 Å². The molecule has 0 N–H and O–H groups in total. The Labute approximate surface area is 123 Å². The predicted octanol–water partition coefficient (Wildman–Crippen LogP) is 3.16. The van der Waals surface area contributed by atoms with Crippen LogP contribution in [0.2, 0.25) is 0 Å². The van der Waals surface area contributed by atoms with Crippen molar-refractivity contribution in [3.8, 4) is 5.69 Å². The lowest BCUT2D eigenvalue weighted by atomic mass is 10.1. The topological polar surface area (TPSA) is 39.9 Å². The van der Waals surface area contributed by atoms with E-state index < -0.39 is 0 Å². The van der Waals surface area contributed by atoms with Crippen molar-refractivity contribution in [3.05, 3.63) is 35.7 Å². The summed E-state index contributed by atoms with van der Waals surface area (Å²) in [6.45, 7) is 5.13. The number of benzene rings is 1. The zero-order valence-electron chi connectivity index (χ0n) is 11.9. The largest absolute Gasteiger partial charge is 0.377 e. The van der Waals surface area contributed by atoms with Gasteiger partial charge in [0, 0.05) is 12.4 Å². The summed E-state index contributed by atoms with van der Waals surface area (Å²) in [6, 6.07) is 6.44. The average molecular weight is 289 g/mol. The molecule has 1 saturated heterocycles. The van der Waals surface area contributed by atoms with Crippen molar-refractivity contribution < 1.29 is 4.74 Å². The minimum Gasteiger partial charge on any atom is -0.377 e. The zero-order valence-corrected chi connectivity index (χ0v) is 12.7. The lowest BCUT2D eigenvalue weighted by Gasteiger charge is -2.11. The molecular formula is C15H19N3OS. The highest BCUT2D eigenvalue weighted by atomic mass is 32.2. The standard InChI is InChI=1S/C15H19N3OS/c1-11-5-6-14(12(2)8-11)18-10-16-17-15(18)20-9-13-4-3-7-19-13/h5-6,8,10,13H,3-4,7,9H2,1-2H3. The normalized spacial score (nSPS) is 18.6. The lowest BCUT2D eigenvalue weighted by molar-refractivity contribution is 0.129. The molecule has 1 unspecified atom stereocenters. The number of hydrogen-bond donors (Lipinski definition) is 0. The van der Waals surface area contributed by atoms with Gasteiger partial charge < -0.3 is 4.74 Å². The minimum atomic E-state index is 0.365. The SMILES string of the molecule is Cc1ccc(-n2cnnc2SCC2CCCO2)c(C)c1. The fourth-order valence-corrected chi connectivity index (χ4v) is 3.49. The molecule has 1 atom stereocenters. The van der Waals surface area contributed by atoms with E-state index in [0.29, 0.717) is 6.10 Å². The molecule has 0 saturated carbocycles. The third-order valence-electron chi connectivity index (χ3n) is 3.55. The number of thioether (sulfide) groups is 1. The van der Waals surface area contributed by atoms with Crippen LogP contribution in [0.25, 0.3) is 5.69 Å². The number of aryl methyl sites for hydroxylation is 2. The van der Waals surface area contributed by atoms with E-state index in [2.05, 4.69) is 46.8 Å². The van der Waals surface area contributed by atoms with E-state index in [1.807, 2.05) is 0 Å². The molecule has 3 rings (SSSR count). The Kier molecular flexibility index (Phi) is 4.08. The van der Waals surface area contributed by atoms with Crippen LogP contribution in [-0.2, 0) is 4.74 Å². The molecule has 0 bridgehead atoms. The highest BCUT2D eigenvalue weighted by Crippen LogP contribution is 2.25. The van der Waals surface area contributed by atoms with Gasteiger partial charge in [0.05, 0.1) is 11.8 Å². The van der Waals surface area contributed by atoms with Crippen molar-refractivity contribution in [2.75, 3.05) is 12.4 Å². The van der Waals surface area contributed by atoms with E-state index in [-0.39, 0.29) is 0 Å². The molecule has 0 radical (unpaired) electrons. The molecule has 106 valence electrons. The highest BCUT2D eigenvalue weighted by molar-refractivity contribution is 7.99. The fourth-order valence-electron chi connectivity index (χ4n) is 2.51. The summed E-state index contributed by atoms with van der Waals surface area (Å²) in [5, 5.41) is 9.23. The summed E-state index contributed by atoms with van der Waals surface area (Å²) in [5.41, 5.74) is 3.66.